The number of hydrogen-bond acceptors (Lipinski definition) is 6. The second kappa shape index (κ2) is 6.74. The van der Waals surface area contributed by atoms with E-state index in [0.717, 1.165) is 16.9 Å². The number of fused-ring (bicyclic) bond motifs is 1. The number of nitrogens with zero attached hydrogens (tertiary/aromatic N) is 2. The zero-order valence-electron chi connectivity index (χ0n) is 15.0. The number of amides is 1. The van der Waals surface area contributed by atoms with Crippen LogP contribution in [0.1, 0.15) is 32.3 Å². The van der Waals surface area contributed by atoms with E-state index in [4.69, 9.17) is 4.74 Å². The summed E-state index contributed by atoms with van der Waals surface area (Å²) in [4.78, 5) is 37.3. The lowest BCUT2D eigenvalue weighted by Crippen LogP contribution is -2.31. The highest BCUT2D eigenvalue weighted by atomic mass is 16.5. The number of ether oxygens (including phenoxy) is 1. The first-order valence-electron chi connectivity index (χ1n) is 8.41. The molecule has 136 valence electrons. The van der Waals surface area contributed by atoms with Gasteiger partial charge in [0.2, 0.25) is 5.91 Å². The van der Waals surface area contributed by atoms with Gasteiger partial charge < -0.3 is 9.64 Å². The number of carbonyl (C=O) groups excluding carboxylic acids is 3. The van der Waals surface area contributed by atoms with Crippen LogP contribution in [-0.4, -0.2) is 37.0 Å². The van der Waals surface area contributed by atoms with E-state index in [1.165, 1.54) is 6.08 Å². The second-order valence-electron chi connectivity index (χ2n) is 6.87. The van der Waals surface area contributed by atoms with Gasteiger partial charge in [0.15, 0.2) is 12.4 Å². The number of carbonyl (C=O) groups is 3. The fraction of sp³-hybridized carbons (Fsp3) is 0.368. The number of para-hydroxylation sites is 1. The summed E-state index contributed by atoms with van der Waals surface area (Å²) >= 11 is 0. The lowest BCUT2D eigenvalue weighted by atomic mass is 9.83. The van der Waals surface area contributed by atoms with Crippen LogP contribution in [0.3, 0.4) is 0 Å². The van der Waals surface area contributed by atoms with Crippen molar-refractivity contribution in [2.24, 2.45) is 5.10 Å². The van der Waals surface area contributed by atoms with Gasteiger partial charge in [-0.25, -0.2) is 10.2 Å². The molecule has 3 rings (SSSR count). The fourth-order valence-corrected chi connectivity index (χ4v) is 3.29. The molecule has 7 nitrogen and oxygen atoms in total. The van der Waals surface area contributed by atoms with Crippen molar-refractivity contribution in [1.29, 1.82) is 0 Å². The standard InChI is InChI=1S/C19H21N3O4/c1-19(2)13-6-4-5-7-15(13)22(3)16(19)10-12(23)11-26-18(25)14-8-9-17(24)21-20-14/h4-7,10H,8-9,11H2,1-3H3,(H,21,24). The van der Waals surface area contributed by atoms with E-state index in [1.807, 2.05) is 36.2 Å². The monoisotopic (exact) mass is 355 g/mol. The molecule has 26 heavy (non-hydrogen) atoms. The molecule has 0 aliphatic carbocycles. The van der Waals surface area contributed by atoms with Gasteiger partial charge in [0.05, 0.1) is 0 Å². The molecule has 1 amide bonds. The Hall–Kier alpha value is -2.96. The van der Waals surface area contributed by atoms with Gasteiger partial charge in [-0.1, -0.05) is 32.0 Å². The Kier molecular flexibility index (Phi) is 4.63. The number of allylic oxidation sites excluding steroid dienone is 1. The first-order chi connectivity index (χ1) is 12.3. The first kappa shape index (κ1) is 17.8. The van der Waals surface area contributed by atoms with Crippen LogP contribution in [0, 0.1) is 0 Å². The molecule has 1 aromatic rings. The minimum absolute atomic E-state index is 0.121. The predicted molar refractivity (Wildman–Crippen MR) is 96.7 cm³/mol. The summed E-state index contributed by atoms with van der Waals surface area (Å²) in [5, 5.41) is 3.66. The molecule has 0 spiro atoms. The van der Waals surface area contributed by atoms with Gasteiger partial charge in [-0.3, -0.25) is 9.59 Å². The molecule has 1 N–H and O–H groups in total. The van der Waals surface area contributed by atoms with Crippen molar-refractivity contribution in [1.82, 2.24) is 5.43 Å². The van der Waals surface area contributed by atoms with Crippen molar-refractivity contribution in [3.05, 3.63) is 41.6 Å². The molecule has 2 heterocycles. The van der Waals surface area contributed by atoms with E-state index in [-0.39, 0.29) is 42.3 Å². The number of hydrogen-bond donors (Lipinski definition) is 1. The van der Waals surface area contributed by atoms with Gasteiger partial charge in [-0.05, 0) is 11.6 Å². The van der Waals surface area contributed by atoms with Crippen LogP contribution in [0.5, 0.6) is 0 Å². The highest BCUT2D eigenvalue weighted by Crippen LogP contribution is 2.46. The van der Waals surface area contributed by atoms with Crippen LogP contribution < -0.4 is 10.3 Å². The Bertz CT molecular complexity index is 839. The lowest BCUT2D eigenvalue weighted by molar-refractivity contribution is -0.140. The molecule has 2 aliphatic rings. The van der Waals surface area contributed by atoms with Crippen molar-refractivity contribution in [3.8, 4) is 0 Å². The van der Waals surface area contributed by atoms with E-state index in [2.05, 4.69) is 24.4 Å². The third-order valence-corrected chi connectivity index (χ3v) is 4.72. The van der Waals surface area contributed by atoms with E-state index in [1.54, 1.807) is 0 Å². The molecule has 2 aliphatic heterocycles. The van der Waals surface area contributed by atoms with Crippen LogP contribution in [0.25, 0.3) is 0 Å². The zero-order chi connectivity index (χ0) is 18.9. The smallest absolute Gasteiger partial charge is 0.354 e. The molecule has 0 saturated heterocycles. The average molecular weight is 355 g/mol. The Morgan fingerprint density at radius 1 is 1.31 bits per heavy atom. The number of rotatable bonds is 4. The molecule has 0 saturated carbocycles. The second-order valence-corrected chi connectivity index (χ2v) is 6.87. The quantitative estimate of drug-likeness (QED) is 0.656. The van der Waals surface area contributed by atoms with Crippen molar-refractivity contribution >= 4 is 29.1 Å². The van der Waals surface area contributed by atoms with Crippen molar-refractivity contribution in [2.75, 3.05) is 18.6 Å². The minimum atomic E-state index is -0.681. The molecular formula is C19H21N3O4. The van der Waals surface area contributed by atoms with Gasteiger partial charge in [0.1, 0.15) is 5.71 Å². The summed E-state index contributed by atoms with van der Waals surface area (Å²) in [6.45, 7) is 3.75. The predicted octanol–water partition coefficient (Wildman–Crippen LogP) is 1.68. The molecule has 0 atom stereocenters. The molecule has 0 bridgehead atoms. The highest BCUT2D eigenvalue weighted by molar-refractivity contribution is 6.37. The summed E-state index contributed by atoms with van der Waals surface area (Å²) in [7, 11) is 1.91. The fourth-order valence-electron chi connectivity index (χ4n) is 3.29. The van der Waals surface area contributed by atoms with Crippen LogP contribution in [0.2, 0.25) is 0 Å². The third kappa shape index (κ3) is 3.24. The largest absolute Gasteiger partial charge is 0.453 e. The van der Waals surface area contributed by atoms with Crippen molar-refractivity contribution < 1.29 is 19.1 Å². The molecule has 0 fully saturated rings. The minimum Gasteiger partial charge on any atom is -0.453 e. The summed E-state index contributed by atoms with van der Waals surface area (Å²) in [6.07, 6.45) is 1.92. The van der Waals surface area contributed by atoms with Crippen LogP contribution >= 0.6 is 0 Å². The Morgan fingerprint density at radius 3 is 2.69 bits per heavy atom. The van der Waals surface area contributed by atoms with Crippen LogP contribution in [0.4, 0.5) is 5.69 Å². The summed E-state index contributed by atoms with van der Waals surface area (Å²) in [6, 6.07) is 8.00. The molecule has 1 aromatic carbocycles. The molecule has 0 radical (unpaired) electrons. The number of anilines is 1. The Balaban J connectivity index is 1.68. The number of ketones is 1. The van der Waals surface area contributed by atoms with Gasteiger partial charge in [-0.2, -0.15) is 5.10 Å². The molecule has 0 unspecified atom stereocenters. The summed E-state index contributed by atoms with van der Waals surface area (Å²) in [5.74, 6) is -1.23. The highest BCUT2D eigenvalue weighted by Gasteiger charge is 2.38. The van der Waals surface area contributed by atoms with E-state index in [9.17, 15) is 14.4 Å². The summed E-state index contributed by atoms with van der Waals surface area (Å²) < 4.78 is 5.04. The van der Waals surface area contributed by atoms with Crippen LogP contribution in [-0.2, 0) is 24.5 Å². The number of nitrogens with one attached hydrogen (secondary N) is 1. The lowest BCUT2D eigenvalue weighted by Gasteiger charge is -2.23. The Morgan fingerprint density at radius 2 is 2.04 bits per heavy atom. The maximum Gasteiger partial charge on any atom is 0.354 e. The maximum atomic E-state index is 12.3. The van der Waals surface area contributed by atoms with Gasteiger partial charge in [0, 0.05) is 42.8 Å². The van der Waals surface area contributed by atoms with Crippen LogP contribution in [0.15, 0.2) is 41.1 Å². The van der Waals surface area contributed by atoms with E-state index >= 15 is 0 Å². The van der Waals surface area contributed by atoms with Crippen molar-refractivity contribution in [3.63, 3.8) is 0 Å². The average Bonchev–Trinajstić information content (AvgIpc) is 2.81. The van der Waals surface area contributed by atoms with Gasteiger partial charge in [0.25, 0.3) is 0 Å². The number of hydrazone groups is 1. The number of benzene rings is 1. The SMILES string of the molecule is CN1C(=CC(=O)COC(=O)C2=NNC(=O)CC2)C(C)(C)c2ccccc21. The molecular weight excluding hydrogens is 334 g/mol. The molecule has 7 heteroatoms. The maximum absolute atomic E-state index is 12.3. The number of likely N-dealkylation sites (N-methyl/N-ethyl adjacent to an activating group) is 1. The zero-order valence-corrected chi connectivity index (χ0v) is 15.0. The normalized spacial score (nSPS) is 19.7. The number of esters is 1. The van der Waals surface area contributed by atoms with E-state index in [0.29, 0.717) is 0 Å². The molecule has 0 aromatic heterocycles. The first-order valence-corrected chi connectivity index (χ1v) is 8.41. The summed E-state index contributed by atoms with van der Waals surface area (Å²) in [5.41, 5.74) is 5.08. The van der Waals surface area contributed by atoms with Gasteiger partial charge in [-0.15, -0.1) is 0 Å². The third-order valence-electron chi connectivity index (χ3n) is 4.72. The van der Waals surface area contributed by atoms with Gasteiger partial charge >= 0.3 is 5.97 Å². The topological polar surface area (TPSA) is 88.1 Å². The Labute approximate surface area is 151 Å². The van der Waals surface area contributed by atoms with E-state index < -0.39 is 5.97 Å². The van der Waals surface area contributed by atoms with Crippen molar-refractivity contribution in [2.45, 2.75) is 32.1 Å².